The summed E-state index contributed by atoms with van der Waals surface area (Å²) >= 11 is 9.05. The summed E-state index contributed by atoms with van der Waals surface area (Å²) < 4.78 is 27.6. The number of halogens is 2. The molecule has 1 aromatic heterocycles. The van der Waals surface area contributed by atoms with Crippen LogP contribution < -0.4 is 10.5 Å². The molecule has 0 atom stereocenters. The summed E-state index contributed by atoms with van der Waals surface area (Å²) in [5, 5.41) is 0.260. The maximum Gasteiger partial charge on any atom is 0.242 e. The summed E-state index contributed by atoms with van der Waals surface area (Å²) in [5.74, 6) is 0. The van der Waals surface area contributed by atoms with Crippen LogP contribution in [0.25, 0.3) is 0 Å². The molecule has 0 unspecified atom stereocenters. The molecule has 1 aromatic carbocycles. The Hall–Kier alpha value is -1.15. The van der Waals surface area contributed by atoms with Crippen LogP contribution in [0.3, 0.4) is 0 Å². The Morgan fingerprint density at radius 1 is 1.43 bits per heavy atom. The number of nitrogens with one attached hydrogen (secondary N) is 1. The van der Waals surface area contributed by atoms with Gasteiger partial charge in [-0.2, -0.15) is 0 Å². The molecule has 0 fully saturated rings. The second kappa shape index (κ2) is 6.31. The van der Waals surface area contributed by atoms with E-state index in [0.29, 0.717) is 4.47 Å². The lowest BCUT2D eigenvalue weighted by atomic mass is 10.2. The zero-order valence-electron chi connectivity index (χ0n) is 11.1. The van der Waals surface area contributed by atoms with E-state index in [1.54, 1.807) is 18.5 Å². The van der Waals surface area contributed by atoms with Crippen LogP contribution in [0.2, 0.25) is 5.02 Å². The average Bonchev–Trinajstić information content (AvgIpc) is 2.42. The number of hydrogen-bond acceptors (Lipinski definition) is 4. The number of nitrogens with zero attached hydrogens (tertiary/aromatic N) is 1. The van der Waals surface area contributed by atoms with Gasteiger partial charge in [0.1, 0.15) is 0 Å². The number of nitrogens with two attached hydrogens (primary N) is 1. The van der Waals surface area contributed by atoms with E-state index >= 15 is 0 Å². The minimum Gasteiger partial charge on any atom is -0.398 e. The molecule has 5 nitrogen and oxygen atoms in total. The van der Waals surface area contributed by atoms with Crippen molar-refractivity contribution in [2.45, 2.75) is 18.4 Å². The van der Waals surface area contributed by atoms with Crippen molar-refractivity contribution < 1.29 is 8.42 Å². The van der Waals surface area contributed by atoms with Crippen molar-refractivity contribution in [1.82, 2.24) is 9.71 Å². The molecular formula is C13H13BrClN3O2S. The highest BCUT2D eigenvalue weighted by Gasteiger charge is 2.20. The molecule has 112 valence electrons. The van der Waals surface area contributed by atoms with E-state index in [9.17, 15) is 8.42 Å². The molecule has 0 spiro atoms. The van der Waals surface area contributed by atoms with Crippen LogP contribution in [0.15, 0.2) is 40.0 Å². The van der Waals surface area contributed by atoms with Crippen molar-refractivity contribution in [3.63, 3.8) is 0 Å². The summed E-state index contributed by atoms with van der Waals surface area (Å²) in [6.45, 7) is 2.03. The summed E-state index contributed by atoms with van der Waals surface area (Å²) in [6, 6.07) is 4.60. The van der Waals surface area contributed by atoms with Crippen molar-refractivity contribution in [2.24, 2.45) is 0 Å². The first-order valence-electron chi connectivity index (χ1n) is 5.95. The Kier molecular flexibility index (Phi) is 4.88. The Morgan fingerprint density at radius 2 is 2.14 bits per heavy atom. The Bertz CT molecular complexity index is 781. The number of pyridine rings is 1. The van der Waals surface area contributed by atoms with Gasteiger partial charge in [0.05, 0.1) is 9.37 Å². The van der Waals surface area contributed by atoms with E-state index in [1.165, 1.54) is 12.1 Å². The lowest BCUT2D eigenvalue weighted by molar-refractivity contribution is 0.580. The zero-order chi connectivity index (χ0) is 15.6. The SMILES string of the molecule is Cc1cnccc1CNS(=O)(=O)c1cc(Cl)cc(N)c1Br. The molecule has 0 aliphatic carbocycles. The number of hydrogen-bond donors (Lipinski definition) is 2. The molecular weight excluding hydrogens is 378 g/mol. The van der Waals surface area contributed by atoms with Crippen LogP contribution in [0, 0.1) is 6.92 Å². The molecule has 1 heterocycles. The number of rotatable bonds is 4. The predicted octanol–water partition coefficient (Wildman–Crippen LogP) is 2.87. The van der Waals surface area contributed by atoms with E-state index in [1.807, 2.05) is 6.92 Å². The molecule has 21 heavy (non-hydrogen) atoms. The topological polar surface area (TPSA) is 85.1 Å². The standard InChI is InChI=1S/C13H13BrClN3O2S/c1-8-6-17-3-2-9(8)7-18-21(19,20)12-5-10(15)4-11(16)13(12)14/h2-6,18H,7,16H2,1H3. The van der Waals surface area contributed by atoms with Gasteiger partial charge in [0.25, 0.3) is 0 Å². The Morgan fingerprint density at radius 3 is 2.81 bits per heavy atom. The number of benzene rings is 1. The van der Waals surface area contributed by atoms with E-state index in [2.05, 4.69) is 25.6 Å². The van der Waals surface area contributed by atoms with Gasteiger partial charge < -0.3 is 5.73 Å². The van der Waals surface area contributed by atoms with Crippen LogP contribution in [-0.4, -0.2) is 13.4 Å². The van der Waals surface area contributed by atoms with Crippen LogP contribution >= 0.6 is 27.5 Å². The molecule has 0 bridgehead atoms. The highest BCUT2D eigenvalue weighted by atomic mass is 79.9. The third-order valence-electron chi connectivity index (χ3n) is 2.91. The molecule has 2 aromatic rings. The van der Waals surface area contributed by atoms with Crippen molar-refractivity contribution in [3.05, 3.63) is 51.2 Å². The minimum absolute atomic E-state index is 0.0132. The third kappa shape index (κ3) is 3.74. The van der Waals surface area contributed by atoms with Crippen LogP contribution in [0.4, 0.5) is 5.69 Å². The first-order valence-corrected chi connectivity index (χ1v) is 8.60. The molecule has 0 aliphatic heterocycles. The van der Waals surface area contributed by atoms with Gasteiger partial charge >= 0.3 is 0 Å². The molecule has 0 aliphatic rings. The summed E-state index contributed by atoms with van der Waals surface area (Å²) in [5.41, 5.74) is 7.74. The van der Waals surface area contributed by atoms with Crippen LogP contribution in [-0.2, 0) is 16.6 Å². The lowest BCUT2D eigenvalue weighted by Crippen LogP contribution is -2.24. The van der Waals surface area contributed by atoms with Gasteiger partial charge in [0.2, 0.25) is 10.0 Å². The Labute approximate surface area is 136 Å². The quantitative estimate of drug-likeness (QED) is 0.786. The van der Waals surface area contributed by atoms with E-state index in [-0.39, 0.29) is 22.2 Å². The predicted molar refractivity (Wildman–Crippen MR) is 86.6 cm³/mol. The zero-order valence-corrected chi connectivity index (χ0v) is 14.3. The lowest BCUT2D eigenvalue weighted by Gasteiger charge is -2.11. The van der Waals surface area contributed by atoms with Crippen LogP contribution in [0.1, 0.15) is 11.1 Å². The first-order chi connectivity index (χ1) is 9.81. The van der Waals surface area contributed by atoms with Gasteiger partial charge in [-0.05, 0) is 52.2 Å². The molecule has 0 amide bonds. The number of aryl methyl sites for hydroxylation is 1. The third-order valence-corrected chi connectivity index (χ3v) is 5.70. The van der Waals surface area contributed by atoms with Gasteiger partial charge in [0.15, 0.2) is 0 Å². The maximum atomic E-state index is 12.4. The number of aromatic nitrogens is 1. The van der Waals surface area contributed by atoms with E-state index in [0.717, 1.165) is 11.1 Å². The molecule has 0 radical (unpaired) electrons. The van der Waals surface area contributed by atoms with Crippen molar-refractivity contribution in [2.75, 3.05) is 5.73 Å². The number of sulfonamides is 1. The molecule has 0 saturated carbocycles. The minimum atomic E-state index is -3.73. The summed E-state index contributed by atoms with van der Waals surface area (Å²) in [7, 11) is -3.73. The Balaban J connectivity index is 2.30. The highest BCUT2D eigenvalue weighted by molar-refractivity contribution is 9.10. The molecule has 2 rings (SSSR count). The van der Waals surface area contributed by atoms with Crippen molar-refractivity contribution >= 4 is 43.2 Å². The first kappa shape index (κ1) is 16.2. The highest BCUT2D eigenvalue weighted by Crippen LogP contribution is 2.31. The van der Waals surface area contributed by atoms with Crippen molar-refractivity contribution in [3.8, 4) is 0 Å². The van der Waals surface area contributed by atoms with E-state index in [4.69, 9.17) is 17.3 Å². The van der Waals surface area contributed by atoms with E-state index < -0.39 is 10.0 Å². The second-order valence-electron chi connectivity index (χ2n) is 4.43. The fourth-order valence-electron chi connectivity index (χ4n) is 1.73. The van der Waals surface area contributed by atoms with Gasteiger partial charge in [-0.25, -0.2) is 13.1 Å². The summed E-state index contributed by atoms with van der Waals surface area (Å²) in [4.78, 5) is 3.98. The van der Waals surface area contributed by atoms with Gasteiger partial charge in [-0.1, -0.05) is 11.6 Å². The fraction of sp³-hybridized carbons (Fsp3) is 0.154. The number of nitrogen functional groups attached to an aromatic ring is 1. The normalized spacial score (nSPS) is 11.6. The molecule has 0 saturated heterocycles. The summed E-state index contributed by atoms with van der Waals surface area (Å²) in [6.07, 6.45) is 3.29. The monoisotopic (exact) mass is 389 g/mol. The van der Waals surface area contributed by atoms with Gasteiger partial charge in [0, 0.05) is 29.6 Å². The molecule has 8 heteroatoms. The molecule has 3 N–H and O–H groups in total. The van der Waals surface area contributed by atoms with Crippen LogP contribution in [0.5, 0.6) is 0 Å². The number of anilines is 1. The maximum absolute atomic E-state index is 12.4. The van der Waals surface area contributed by atoms with Gasteiger partial charge in [-0.3, -0.25) is 4.98 Å². The average molecular weight is 391 g/mol. The second-order valence-corrected chi connectivity index (χ2v) is 7.40. The van der Waals surface area contributed by atoms with Crippen molar-refractivity contribution in [1.29, 1.82) is 0 Å². The smallest absolute Gasteiger partial charge is 0.242 e. The fourth-order valence-corrected chi connectivity index (χ4v) is 4.03. The largest absolute Gasteiger partial charge is 0.398 e. The van der Waals surface area contributed by atoms with Gasteiger partial charge in [-0.15, -0.1) is 0 Å².